The summed E-state index contributed by atoms with van der Waals surface area (Å²) < 4.78 is 33.8. The van der Waals surface area contributed by atoms with E-state index in [1.54, 1.807) is 23.1 Å². The van der Waals surface area contributed by atoms with Crippen LogP contribution in [-0.2, 0) is 4.74 Å². The van der Waals surface area contributed by atoms with Crippen LogP contribution in [0.4, 0.5) is 20.4 Å². The Morgan fingerprint density at radius 3 is 2.62 bits per heavy atom. The van der Waals surface area contributed by atoms with Crippen molar-refractivity contribution in [1.29, 1.82) is 0 Å². The van der Waals surface area contributed by atoms with Gasteiger partial charge in [-0.3, -0.25) is 0 Å². The van der Waals surface area contributed by atoms with E-state index in [0.717, 1.165) is 18.9 Å². The van der Waals surface area contributed by atoms with Crippen molar-refractivity contribution in [2.45, 2.75) is 37.6 Å². The number of hydrogen-bond donors (Lipinski definition) is 1. The van der Waals surface area contributed by atoms with Crippen LogP contribution in [-0.4, -0.2) is 58.0 Å². The molecule has 3 heterocycles. The zero-order chi connectivity index (χ0) is 18.0. The molecule has 7 nitrogen and oxygen atoms in total. The number of rotatable bonds is 4. The zero-order valence-corrected chi connectivity index (χ0v) is 14.4. The summed E-state index contributed by atoms with van der Waals surface area (Å²) in [6, 6.07) is 3.68. The summed E-state index contributed by atoms with van der Waals surface area (Å²) in [5.74, 6) is -0.648. The van der Waals surface area contributed by atoms with Crippen molar-refractivity contribution >= 4 is 11.6 Å². The molecule has 1 saturated heterocycles. The second-order valence-electron chi connectivity index (χ2n) is 6.74. The SMILES string of the molecule is FC1(F)CCC(Nc2cc(N3CCOCC3)nc(-n3cccn3)n2)CC1. The predicted molar refractivity (Wildman–Crippen MR) is 93.0 cm³/mol. The lowest BCUT2D eigenvalue weighted by Crippen LogP contribution is -2.37. The van der Waals surface area contributed by atoms with E-state index in [9.17, 15) is 8.78 Å². The molecule has 1 N–H and O–H groups in total. The van der Waals surface area contributed by atoms with Crippen molar-refractivity contribution in [2.75, 3.05) is 36.5 Å². The van der Waals surface area contributed by atoms with Crippen LogP contribution in [0.5, 0.6) is 0 Å². The van der Waals surface area contributed by atoms with Crippen molar-refractivity contribution in [3.63, 3.8) is 0 Å². The number of ether oxygens (including phenoxy) is 1. The van der Waals surface area contributed by atoms with Gasteiger partial charge in [-0.2, -0.15) is 15.1 Å². The molecular weight excluding hydrogens is 342 g/mol. The quantitative estimate of drug-likeness (QED) is 0.899. The molecule has 2 aromatic heterocycles. The number of anilines is 2. The fourth-order valence-electron chi connectivity index (χ4n) is 3.33. The van der Waals surface area contributed by atoms with Crippen LogP contribution >= 0.6 is 0 Å². The number of alkyl halides is 2. The Morgan fingerprint density at radius 1 is 1.15 bits per heavy atom. The lowest BCUT2D eigenvalue weighted by Gasteiger charge is -2.30. The highest BCUT2D eigenvalue weighted by molar-refractivity contribution is 5.52. The number of nitrogens with one attached hydrogen (secondary N) is 1. The Hall–Kier alpha value is -2.29. The highest BCUT2D eigenvalue weighted by atomic mass is 19.3. The molecule has 2 aliphatic rings. The molecular formula is C17H22F2N6O. The van der Waals surface area contributed by atoms with E-state index in [1.165, 1.54) is 0 Å². The third-order valence-corrected chi connectivity index (χ3v) is 4.81. The molecule has 1 aliphatic carbocycles. The second-order valence-corrected chi connectivity index (χ2v) is 6.74. The molecule has 26 heavy (non-hydrogen) atoms. The first kappa shape index (κ1) is 17.1. The van der Waals surface area contributed by atoms with E-state index in [4.69, 9.17) is 4.74 Å². The largest absolute Gasteiger partial charge is 0.378 e. The van der Waals surface area contributed by atoms with Crippen LogP contribution in [0, 0.1) is 0 Å². The minimum absolute atomic E-state index is 0.00691. The molecule has 4 rings (SSSR count). The summed E-state index contributed by atoms with van der Waals surface area (Å²) in [5, 5.41) is 7.52. The monoisotopic (exact) mass is 364 g/mol. The van der Waals surface area contributed by atoms with E-state index in [0.29, 0.717) is 37.8 Å². The predicted octanol–water partition coefficient (Wildman–Crippen LogP) is 2.49. The van der Waals surface area contributed by atoms with Gasteiger partial charge in [0.15, 0.2) is 0 Å². The molecule has 1 aliphatic heterocycles. The number of halogens is 2. The topological polar surface area (TPSA) is 68.1 Å². The molecule has 1 saturated carbocycles. The Labute approximate surface area is 150 Å². The zero-order valence-electron chi connectivity index (χ0n) is 14.4. The first-order valence-corrected chi connectivity index (χ1v) is 8.95. The summed E-state index contributed by atoms with van der Waals surface area (Å²) in [6.07, 6.45) is 4.14. The number of nitrogens with zero attached hydrogens (tertiary/aromatic N) is 5. The third kappa shape index (κ3) is 3.92. The second kappa shape index (κ2) is 7.14. The van der Waals surface area contributed by atoms with Crippen molar-refractivity contribution < 1.29 is 13.5 Å². The molecule has 0 bridgehead atoms. The molecule has 2 fully saturated rings. The maximum absolute atomic E-state index is 13.4. The van der Waals surface area contributed by atoms with Crippen LogP contribution in [0.2, 0.25) is 0 Å². The van der Waals surface area contributed by atoms with Gasteiger partial charge in [-0.25, -0.2) is 13.5 Å². The Bertz CT molecular complexity index is 723. The van der Waals surface area contributed by atoms with Gasteiger partial charge in [0.2, 0.25) is 5.92 Å². The molecule has 0 atom stereocenters. The van der Waals surface area contributed by atoms with Gasteiger partial charge in [0, 0.05) is 50.4 Å². The lowest BCUT2D eigenvalue weighted by molar-refractivity contribution is -0.0361. The normalized spacial score (nSPS) is 20.9. The molecule has 0 unspecified atom stereocenters. The first-order valence-electron chi connectivity index (χ1n) is 8.95. The minimum Gasteiger partial charge on any atom is -0.378 e. The van der Waals surface area contributed by atoms with Crippen LogP contribution < -0.4 is 10.2 Å². The number of hydrogen-bond acceptors (Lipinski definition) is 6. The minimum atomic E-state index is -2.54. The molecule has 2 aromatic rings. The highest BCUT2D eigenvalue weighted by Gasteiger charge is 2.35. The van der Waals surface area contributed by atoms with Gasteiger partial charge in [-0.1, -0.05) is 0 Å². The van der Waals surface area contributed by atoms with Crippen LogP contribution in [0.1, 0.15) is 25.7 Å². The van der Waals surface area contributed by atoms with Gasteiger partial charge in [0.05, 0.1) is 13.2 Å². The molecule has 0 aromatic carbocycles. The Balaban J connectivity index is 1.57. The Kier molecular flexibility index (Phi) is 4.71. The smallest absolute Gasteiger partial charge is 0.254 e. The summed E-state index contributed by atoms with van der Waals surface area (Å²) >= 11 is 0. The van der Waals surface area contributed by atoms with Gasteiger partial charge in [-0.15, -0.1) is 0 Å². The first-order chi connectivity index (χ1) is 12.6. The van der Waals surface area contributed by atoms with E-state index in [-0.39, 0.29) is 18.9 Å². The van der Waals surface area contributed by atoms with Gasteiger partial charge >= 0.3 is 0 Å². The fraction of sp³-hybridized carbons (Fsp3) is 0.588. The fourth-order valence-corrected chi connectivity index (χ4v) is 3.33. The summed E-state index contributed by atoms with van der Waals surface area (Å²) in [4.78, 5) is 11.3. The van der Waals surface area contributed by atoms with Crippen molar-refractivity contribution in [2.24, 2.45) is 0 Å². The maximum Gasteiger partial charge on any atom is 0.254 e. The van der Waals surface area contributed by atoms with E-state index in [2.05, 4.69) is 25.3 Å². The summed E-state index contributed by atoms with van der Waals surface area (Å²) in [6.45, 7) is 2.82. The number of morpholine rings is 1. The van der Waals surface area contributed by atoms with Crippen LogP contribution in [0.3, 0.4) is 0 Å². The molecule has 140 valence electrons. The van der Waals surface area contributed by atoms with E-state index >= 15 is 0 Å². The summed E-state index contributed by atoms with van der Waals surface area (Å²) in [7, 11) is 0. The van der Waals surface area contributed by atoms with E-state index < -0.39 is 5.92 Å². The summed E-state index contributed by atoms with van der Waals surface area (Å²) in [5.41, 5.74) is 0. The van der Waals surface area contributed by atoms with Crippen molar-refractivity contribution in [3.05, 3.63) is 24.5 Å². The lowest BCUT2D eigenvalue weighted by atomic mass is 9.92. The molecule has 0 amide bonds. The van der Waals surface area contributed by atoms with Gasteiger partial charge in [0.25, 0.3) is 5.95 Å². The average molecular weight is 364 g/mol. The highest BCUT2D eigenvalue weighted by Crippen LogP contribution is 2.34. The van der Waals surface area contributed by atoms with Crippen molar-refractivity contribution in [1.82, 2.24) is 19.7 Å². The van der Waals surface area contributed by atoms with Crippen LogP contribution in [0.15, 0.2) is 24.5 Å². The van der Waals surface area contributed by atoms with Crippen LogP contribution in [0.25, 0.3) is 5.95 Å². The third-order valence-electron chi connectivity index (χ3n) is 4.81. The van der Waals surface area contributed by atoms with Gasteiger partial charge in [-0.05, 0) is 18.9 Å². The maximum atomic E-state index is 13.4. The standard InChI is InChI=1S/C17H22F2N6O/c18-17(19)4-2-13(3-5-17)21-14-12-15(24-8-10-26-11-9-24)23-16(22-14)25-7-1-6-20-25/h1,6-7,12-13H,2-5,8-11H2,(H,21,22,23). The molecule has 0 spiro atoms. The van der Waals surface area contributed by atoms with Gasteiger partial charge < -0.3 is 15.0 Å². The molecule has 9 heteroatoms. The molecule has 0 radical (unpaired) electrons. The van der Waals surface area contributed by atoms with E-state index in [1.807, 2.05) is 6.07 Å². The Morgan fingerprint density at radius 2 is 1.92 bits per heavy atom. The number of aromatic nitrogens is 4. The van der Waals surface area contributed by atoms with Gasteiger partial charge in [0.1, 0.15) is 11.6 Å². The average Bonchev–Trinajstić information content (AvgIpc) is 3.19. The van der Waals surface area contributed by atoms with Crippen molar-refractivity contribution in [3.8, 4) is 5.95 Å².